The van der Waals surface area contributed by atoms with E-state index in [4.69, 9.17) is 14.6 Å². The van der Waals surface area contributed by atoms with Gasteiger partial charge in [-0.15, -0.1) is 0 Å². The number of aliphatic hydroxyl groups is 1. The highest BCUT2D eigenvalue weighted by Gasteiger charge is 2.35. The molecule has 6 heteroatoms. The molecule has 0 heterocycles. The molecule has 0 saturated heterocycles. The minimum Gasteiger partial charge on any atom is -0.480 e. The van der Waals surface area contributed by atoms with Gasteiger partial charge in [-0.3, -0.25) is 4.79 Å². The monoisotopic (exact) mass is 247 g/mol. The van der Waals surface area contributed by atoms with Crippen LogP contribution in [0.5, 0.6) is 0 Å². The topological polar surface area (TPSA) is 88.0 Å². The molecular weight excluding hydrogens is 226 g/mol. The number of hydrogen-bond donors (Lipinski definition) is 3. The summed E-state index contributed by atoms with van der Waals surface area (Å²) >= 11 is 0. The van der Waals surface area contributed by atoms with Gasteiger partial charge < -0.3 is 25.0 Å². The second kappa shape index (κ2) is 7.60. The van der Waals surface area contributed by atoms with Crippen LogP contribution in [0.25, 0.3) is 0 Å². The van der Waals surface area contributed by atoms with E-state index in [2.05, 4.69) is 5.32 Å². The maximum Gasteiger partial charge on any atom is 0.320 e. The van der Waals surface area contributed by atoms with Gasteiger partial charge in [0.1, 0.15) is 6.04 Å². The van der Waals surface area contributed by atoms with Gasteiger partial charge in [-0.05, 0) is 18.8 Å². The van der Waals surface area contributed by atoms with Gasteiger partial charge in [-0.2, -0.15) is 0 Å². The maximum absolute atomic E-state index is 10.9. The average molecular weight is 247 g/mol. The molecule has 1 fully saturated rings. The zero-order chi connectivity index (χ0) is 12.7. The Bertz CT molecular complexity index is 232. The van der Waals surface area contributed by atoms with E-state index in [0.29, 0.717) is 13.2 Å². The largest absolute Gasteiger partial charge is 0.480 e. The Hall–Kier alpha value is -0.690. The molecule has 1 rings (SSSR count). The summed E-state index contributed by atoms with van der Waals surface area (Å²) in [6, 6.07) is -0.538. The molecule has 6 nitrogen and oxygen atoms in total. The minimum atomic E-state index is -0.847. The van der Waals surface area contributed by atoms with Gasteiger partial charge in [0.05, 0.1) is 25.9 Å². The number of aliphatic carboxylic acids is 1. The third-order valence-corrected chi connectivity index (χ3v) is 2.67. The summed E-state index contributed by atoms with van der Waals surface area (Å²) in [6.45, 7) is 1.34. The van der Waals surface area contributed by atoms with Crippen molar-refractivity contribution in [2.45, 2.75) is 25.0 Å². The molecule has 1 aliphatic carbocycles. The van der Waals surface area contributed by atoms with Crippen molar-refractivity contribution in [3.05, 3.63) is 0 Å². The standard InChI is InChI=1S/C11H21NO5/c1-16-4-5-17-7-9(13)6-12-10(11(14)15)8-2-3-8/h8-10,12-13H,2-7H2,1H3,(H,14,15). The number of hydrogen-bond acceptors (Lipinski definition) is 5. The van der Waals surface area contributed by atoms with Crippen molar-refractivity contribution in [1.82, 2.24) is 5.32 Å². The summed E-state index contributed by atoms with van der Waals surface area (Å²) in [6.07, 6.45) is 1.21. The number of carboxylic acid groups (broad SMARTS) is 1. The molecule has 3 N–H and O–H groups in total. The van der Waals surface area contributed by atoms with E-state index in [-0.39, 0.29) is 19.1 Å². The van der Waals surface area contributed by atoms with Crippen molar-refractivity contribution in [3.63, 3.8) is 0 Å². The van der Waals surface area contributed by atoms with Crippen molar-refractivity contribution >= 4 is 5.97 Å². The van der Waals surface area contributed by atoms with Crippen LogP contribution < -0.4 is 5.32 Å². The van der Waals surface area contributed by atoms with Gasteiger partial charge in [-0.25, -0.2) is 0 Å². The quantitative estimate of drug-likeness (QED) is 0.449. The zero-order valence-electron chi connectivity index (χ0n) is 10.1. The molecule has 0 radical (unpaired) electrons. The SMILES string of the molecule is COCCOCC(O)CNC(C(=O)O)C1CC1. The predicted molar refractivity (Wildman–Crippen MR) is 60.9 cm³/mol. The molecule has 0 aromatic rings. The number of carbonyl (C=O) groups is 1. The van der Waals surface area contributed by atoms with Crippen molar-refractivity contribution in [2.24, 2.45) is 5.92 Å². The molecule has 0 bridgehead atoms. The fourth-order valence-electron chi connectivity index (χ4n) is 1.57. The summed E-state index contributed by atoms with van der Waals surface area (Å²) in [5.74, 6) is -0.630. The molecule has 1 saturated carbocycles. The summed E-state index contributed by atoms with van der Waals surface area (Å²) in [5.41, 5.74) is 0. The van der Waals surface area contributed by atoms with E-state index >= 15 is 0 Å². The first kappa shape index (κ1) is 14.4. The molecule has 2 unspecified atom stereocenters. The van der Waals surface area contributed by atoms with Gasteiger partial charge in [0.15, 0.2) is 0 Å². The molecule has 0 amide bonds. The van der Waals surface area contributed by atoms with Crippen LogP contribution >= 0.6 is 0 Å². The zero-order valence-corrected chi connectivity index (χ0v) is 10.1. The molecule has 0 spiro atoms. The van der Waals surface area contributed by atoms with E-state index in [1.54, 1.807) is 7.11 Å². The first-order chi connectivity index (χ1) is 8.15. The van der Waals surface area contributed by atoms with Crippen LogP contribution in [0, 0.1) is 5.92 Å². The fourth-order valence-corrected chi connectivity index (χ4v) is 1.57. The Morgan fingerprint density at radius 2 is 2.18 bits per heavy atom. The molecular formula is C11H21NO5. The summed E-state index contributed by atoms with van der Waals surface area (Å²) < 4.78 is 9.94. The molecule has 0 aromatic heterocycles. The molecule has 0 aromatic carbocycles. The Morgan fingerprint density at radius 1 is 1.47 bits per heavy atom. The highest BCUT2D eigenvalue weighted by Crippen LogP contribution is 2.32. The first-order valence-electron chi connectivity index (χ1n) is 5.86. The number of carboxylic acids is 1. The highest BCUT2D eigenvalue weighted by atomic mass is 16.5. The van der Waals surface area contributed by atoms with Crippen LogP contribution in [0.4, 0.5) is 0 Å². The van der Waals surface area contributed by atoms with E-state index in [1.807, 2.05) is 0 Å². The van der Waals surface area contributed by atoms with Crippen LogP contribution in [0.1, 0.15) is 12.8 Å². The average Bonchev–Trinajstić information content (AvgIpc) is 3.08. The normalized spacial score (nSPS) is 18.9. The van der Waals surface area contributed by atoms with Crippen LogP contribution in [0.3, 0.4) is 0 Å². The second-order valence-corrected chi connectivity index (χ2v) is 4.28. The molecule has 2 atom stereocenters. The molecule has 1 aliphatic rings. The van der Waals surface area contributed by atoms with E-state index in [9.17, 15) is 9.90 Å². The van der Waals surface area contributed by atoms with Crippen LogP contribution in [-0.2, 0) is 14.3 Å². The maximum atomic E-state index is 10.9. The Kier molecular flexibility index (Phi) is 6.43. The Labute approximate surface area is 101 Å². The van der Waals surface area contributed by atoms with Crippen molar-refractivity contribution < 1.29 is 24.5 Å². The van der Waals surface area contributed by atoms with Crippen LogP contribution in [0.15, 0.2) is 0 Å². The Balaban J connectivity index is 2.08. The lowest BCUT2D eigenvalue weighted by atomic mass is 10.2. The molecule has 0 aliphatic heterocycles. The van der Waals surface area contributed by atoms with E-state index in [1.165, 1.54) is 0 Å². The van der Waals surface area contributed by atoms with Gasteiger partial charge in [0.2, 0.25) is 0 Å². The van der Waals surface area contributed by atoms with Crippen molar-refractivity contribution in [3.8, 4) is 0 Å². The minimum absolute atomic E-state index is 0.188. The van der Waals surface area contributed by atoms with Crippen molar-refractivity contribution in [2.75, 3.05) is 33.5 Å². The Morgan fingerprint density at radius 3 is 2.71 bits per heavy atom. The van der Waals surface area contributed by atoms with Crippen LogP contribution in [-0.4, -0.2) is 61.8 Å². The predicted octanol–water partition coefficient (Wildman–Crippen LogP) is -0.537. The number of ether oxygens (including phenoxy) is 2. The fraction of sp³-hybridized carbons (Fsp3) is 0.909. The third-order valence-electron chi connectivity index (χ3n) is 2.67. The van der Waals surface area contributed by atoms with Crippen LogP contribution in [0.2, 0.25) is 0 Å². The number of methoxy groups -OCH3 is 1. The van der Waals surface area contributed by atoms with Gasteiger partial charge in [0.25, 0.3) is 0 Å². The van der Waals surface area contributed by atoms with Gasteiger partial charge in [0, 0.05) is 13.7 Å². The van der Waals surface area contributed by atoms with E-state index < -0.39 is 18.1 Å². The summed E-state index contributed by atoms with van der Waals surface area (Å²) in [7, 11) is 1.58. The molecule has 100 valence electrons. The number of nitrogens with one attached hydrogen (secondary N) is 1. The number of aliphatic hydroxyl groups excluding tert-OH is 1. The first-order valence-corrected chi connectivity index (χ1v) is 5.86. The second-order valence-electron chi connectivity index (χ2n) is 4.28. The van der Waals surface area contributed by atoms with Gasteiger partial charge in [-0.1, -0.05) is 0 Å². The lowest BCUT2D eigenvalue weighted by Crippen LogP contribution is -2.43. The lowest BCUT2D eigenvalue weighted by Gasteiger charge is -2.17. The van der Waals surface area contributed by atoms with E-state index in [0.717, 1.165) is 12.8 Å². The smallest absolute Gasteiger partial charge is 0.320 e. The lowest BCUT2D eigenvalue weighted by molar-refractivity contribution is -0.140. The van der Waals surface area contributed by atoms with Crippen molar-refractivity contribution in [1.29, 1.82) is 0 Å². The summed E-state index contributed by atoms with van der Waals surface area (Å²) in [5, 5.41) is 21.4. The third kappa shape index (κ3) is 5.97. The highest BCUT2D eigenvalue weighted by molar-refractivity contribution is 5.74. The molecule has 17 heavy (non-hydrogen) atoms. The summed E-state index contributed by atoms with van der Waals surface area (Å²) in [4.78, 5) is 10.9. The number of rotatable bonds is 10. The van der Waals surface area contributed by atoms with Gasteiger partial charge >= 0.3 is 5.97 Å².